The van der Waals surface area contributed by atoms with Gasteiger partial charge in [-0.05, 0) is 12.1 Å². The Labute approximate surface area is 124 Å². The maximum atomic E-state index is 8.59. The van der Waals surface area contributed by atoms with Gasteiger partial charge in [-0.2, -0.15) is 15.6 Å². The highest BCUT2D eigenvalue weighted by molar-refractivity contribution is 7.15. The van der Waals surface area contributed by atoms with Crippen LogP contribution < -0.4 is 5.43 Å². The maximum Gasteiger partial charge on any atom is 0.237 e. The van der Waals surface area contributed by atoms with Crippen molar-refractivity contribution in [3.63, 3.8) is 0 Å². The molecular weight excluding hydrogens is 284 g/mol. The van der Waals surface area contributed by atoms with Gasteiger partial charge < -0.3 is 0 Å². The number of imidazole rings is 1. The van der Waals surface area contributed by atoms with Gasteiger partial charge in [0, 0.05) is 23.3 Å². The third kappa shape index (κ3) is 2.59. The van der Waals surface area contributed by atoms with Gasteiger partial charge in [0.1, 0.15) is 12.1 Å². The Balaban J connectivity index is 1.81. The summed E-state index contributed by atoms with van der Waals surface area (Å²) in [5, 5.41) is 22.9. The van der Waals surface area contributed by atoms with Gasteiger partial charge in [-0.3, -0.25) is 9.83 Å². The van der Waals surface area contributed by atoms with Crippen molar-refractivity contribution in [2.24, 2.45) is 5.10 Å². The monoisotopic (exact) mass is 292 g/mol. The molecule has 7 heteroatoms. The van der Waals surface area contributed by atoms with Gasteiger partial charge in [-0.1, -0.05) is 12.1 Å². The van der Waals surface area contributed by atoms with Crippen LogP contribution in [0.15, 0.2) is 47.1 Å². The summed E-state index contributed by atoms with van der Waals surface area (Å²) in [6, 6.07) is 10.8. The van der Waals surface area contributed by atoms with E-state index in [1.165, 1.54) is 0 Å². The topological polar surface area (TPSA) is 89.3 Å². The number of hydrogen-bond acceptors (Lipinski definition) is 6. The molecule has 0 atom stereocenters. The van der Waals surface area contributed by atoms with Crippen LogP contribution in [0.1, 0.15) is 0 Å². The van der Waals surface area contributed by atoms with E-state index in [2.05, 4.69) is 15.5 Å². The molecule has 0 spiro atoms. The summed E-state index contributed by atoms with van der Waals surface area (Å²) in [6.45, 7) is 0. The third-order valence-electron chi connectivity index (χ3n) is 2.78. The van der Waals surface area contributed by atoms with Crippen LogP contribution in [0.4, 0.5) is 5.69 Å². The molecule has 0 aliphatic heterocycles. The minimum absolute atomic E-state index is 0.214. The second-order valence-electron chi connectivity index (χ2n) is 4.09. The van der Waals surface area contributed by atoms with Gasteiger partial charge >= 0.3 is 0 Å². The first-order chi connectivity index (χ1) is 10.3. The zero-order chi connectivity index (χ0) is 14.7. The average Bonchev–Trinajstić information content (AvgIpc) is 3.10. The Bertz CT molecular complexity index is 844. The number of nitrogens with zero attached hydrogens (tertiary/aromatic N) is 5. The minimum atomic E-state index is -0.214. The summed E-state index contributed by atoms with van der Waals surface area (Å²) in [5.74, 6) is 0. The highest BCUT2D eigenvalue weighted by Crippen LogP contribution is 2.22. The van der Waals surface area contributed by atoms with Crippen LogP contribution in [0.25, 0.3) is 16.2 Å². The van der Waals surface area contributed by atoms with Crippen molar-refractivity contribution in [1.82, 2.24) is 9.38 Å². The third-order valence-corrected chi connectivity index (χ3v) is 3.55. The molecule has 2 aromatic heterocycles. The van der Waals surface area contributed by atoms with Crippen LogP contribution >= 0.6 is 11.3 Å². The first-order valence-corrected chi connectivity index (χ1v) is 6.84. The Hall–Kier alpha value is -3.16. The predicted octanol–water partition coefficient (Wildman–Crippen LogP) is 2.88. The zero-order valence-corrected chi connectivity index (χ0v) is 11.5. The molecule has 0 fully saturated rings. The van der Waals surface area contributed by atoms with Crippen molar-refractivity contribution in [3.05, 3.63) is 42.0 Å². The van der Waals surface area contributed by atoms with E-state index in [-0.39, 0.29) is 5.71 Å². The number of nitrogens with one attached hydrogen (secondary N) is 1. The van der Waals surface area contributed by atoms with Crippen molar-refractivity contribution >= 4 is 27.7 Å². The maximum absolute atomic E-state index is 8.59. The molecule has 100 valence electrons. The molecule has 1 aromatic carbocycles. The summed E-state index contributed by atoms with van der Waals surface area (Å²) in [7, 11) is 0. The van der Waals surface area contributed by atoms with Gasteiger partial charge in [-0.25, -0.2) is 4.98 Å². The number of rotatable bonds is 3. The summed E-state index contributed by atoms with van der Waals surface area (Å²) in [4.78, 5) is 5.47. The van der Waals surface area contributed by atoms with Crippen LogP contribution in [0.2, 0.25) is 0 Å². The van der Waals surface area contributed by atoms with E-state index < -0.39 is 0 Å². The van der Waals surface area contributed by atoms with E-state index in [4.69, 9.17) is 10.5 Å². The van der Waals surface area contributed by atoms with Crippen molar-refractivity contribution in [2.45, 2.75) is 0 Å². The second-order valence-corrected chi connectivity index (χ2v) is 4.97. The van der Waals surface area contributed by atoms with Crippen molar-refractivity contribution in [2.75, 3.05) is 5.43 Å². The van der Waals surface area contributed by atoms with E-state index in [9.17, 15) is 0 Å². The normalized spacial score (nSPS) is 9.81. The Morgan fingerprint density at radius 2 is 2.00 bits per heavy atom. The van der Waals surface area contributed by atoms with E-state index in [1.807, 2.05) is 46.4 Å². The SMILES string of the molecule is N#CC(C#N)=NNc1ccc(-c2cn3ccsc3n2)cc1. The number of aromatic nitrogens is 2. The lowest BCUT2D eigenvalue weighted by Gasteiger charge is -2.01. The van der Waals surface area contributed by atoms with E-state index in [0.29, 0.717) is 5.69 Å². The molecule has 1 N–H and O–H groups in total. The van der Waals surface area contributed by atoms with Crippen molar-refractivity contribution in [1.29, 1.82) is 10.5 Å². The first kappa shape index (κ1) is 12.9. The molecule has 21 heavy (non-hydrogen) atoms. The van der Waals surface area contributed by atoms with E-state index in [1.54, 1.807) is 23.5 Å². The zero-order valence-electron chi connectivity index (χ0n) is 10.7. The predicted molar refractivity (Wildman–Crippen MR) is 80.8 cm³/mol. The summed E-state index contributed by atoms with van der Waals surface area (Å²) in [5.41, 5.74) is 5.03. The molecule has 0 aliphatic carbocycles. The number of thiazole rings is 1. The molecule has 6 nitrogen and oxygen atoms in total. The van der Waals surface area contributed by atoms with Gasteiger partial charge in [0.15, 0.2) is 4.96 Å². The minimum Gasteiger partial charge on any atom is -0.297 e. The lowest BCUT2D eigenvalue weighted by atomic mass is 10.1. The Kier molecular flexibility index (Phi) is 3.34. The summed E-state index contributed by atoms with van der Waals surface area (Å²) in [6.07, 6.45) is 3.93. The first-order valence-electron chi connectivity index (χ1n) is 5.96. The second kappa shape index (κ2) is 5.45. The highest BCUT2D eigenvalue weighted by atomic mass is 32.1. The van der Waals surface area contributed by atoms with Gasteiger partial charge in [0.2, 0.25) is 5.71 Å². The van der Waals surface area contributed by atoms with Crippen LogP contribution in [0, 0.1) is 22.7 Å². The smallest absolute Gasteiger partial charge is 0.237 e. The van der Waals surface area contributed by atoms with Crippen LogP contribution in [-0.2, 0) is 0 Å². The van der Waals surface area contributed by atoms with Crippen LogP contribution in [-0.4, -0.2) is 15.1 Å². The fourth-order valence-electron chi connectivity index (χ4n) is 1.78. The molecule has 3 rings (SSSR count). The molecule has 0 saturated carbocycles. The van der Waals surface area contributed by atoms with Crippen molar-refractivity contribution in [3.8, 4) is 23.4 Å². The fraction of sp³-hybridized carbons (Fsp3) is 0. The molecule has 0 radical (unpaired) electrons. The van der Waals surface area contributed by atoms with Crippen LogP contribution in [0.3, 0.4) is 0 Å². The summed E-state index contributed by atoms with van der Waals surface area (Å²) < 4.78 is 1.97. The molecule has 3 aromatic rings. The standard InChI is InChI=1S/C14H8N6S/c15-7-12(8-16)19-18-11-3-1-10(2-4-11)13-9-20-5-6-21-14(20)17-13/h1-6,9,18H. The number of nitriles is 2. The summed E-state index contributed by atoms with van der Waals surface area (Å²) >= 11 is 1.58. The highest BCUT2D eigenvalue weighted by Gasteiger charge is 2.05. The van der Waals surface area contributed by atoms with Gasteiger partial charge in [-0.15, -0.1) is 11.3 Å². The van der Waals surface area contributed by atoms with Gasteiger partial charge in [0.05, 0.1) is 11.4 Å². The van der Waals surface area contributed by atoms with Crippen LogP contribution in [0.5, 0.6) is 0 Å². The molecule has 0 bridgehead atoms. The lowest BCUT2D eigenvalue weighted by Crippen LogP contribution is -1.96. The molecule has 0 saturated heterocycles. The molecule has 0 unspecified atom stereocenters. The quantitative estimate of drug-likeness (QED) is 0.593. The number of anilines is 1. The average molecular weight is 292 g/mol. The van der Waals surface area contributed by atoms with E-state index in [0.717, 1.165) is 16.2 Å². The number of benzene rings is 1. The molecular formula is C14H8N6S. The molecule has 0 aliphatic rings. The number of hydrazone groups is 1. The van der Waals surface area contributed by atoms with Crippen molar-refractivity contribution < 1.29 is 0 Å². The number of hydrogen-bond donors (Lipinski definition) is 1. The number of fused-ring (bicyclic) bond motifs is 1. The lowest BCUT2D eigenvalue weighted by molar-refractivity contribution is 1.23. The Morgan fingerprint density at radius 1 is 1.24 bits per heavy atom. The van der Waals surface area contributed by atoms with Gasteiger partial charge in [0.25, 0.3) is 0 Å². The Morgan fingerprint density at radius 3 is 2.67 bits per heavy atom. The largest absolute Gasteiger partial charge is 0.297 e. The fourth-order valence-corrected chi connectivity index (χ4v) is 2.48. The molecule has 0 amide bonds. The molecule has 2 heterocycles. The van der Waals surface area contributed by atoms with E-state index >= 15 is 0 Å².